The number of halogens is 4. The van der Waals surface area contributed by atoms with Gasteiger partial charge in [0.05, 0.1) is 6.61 Å². The van der Waals surface area contributed by atoms with Crippen molar-refractivity contribution in [3.63, 3.8) is 0 Å². The highest BCUT2D eigenvalue weighted by Crippen LogP contribution is 2.52. The smallest absolute Gasteiger partial charge is 0.166 e. The Bertz CT molecular complexity index is 1080. The van der Waals surface area contributed by atoms with Gasteiger partial charge in [-0.25, -0.2) is 17.6 Å². The fourth-order valence-corrected chi connectivity index (χ4v) is 4.98. The van der Waals surface area contributed by atoms with Gasteiger partial charge in [-0.2, -0.15) is 0 Å². The molecule has 1 saturated heterocycles. The third-order valence-electron chi connectivity index (χ3n) is 6.56. The zero-order chi connectivity index (χ0) is 21.0. The summed E-state index contributed by atoms with van der Waals surface area (Å²) in [4.78, 5) is 0. The molecule has 5 rings (SSSR count). The van der Waals surface area contributed by atoms with E-state index in [-0.39, 0.29) is 34.6 Å². The summed E-state index contributed by atoms with van der Waals surface area (Å²) < 4.78 is 63.7. The Hall–Kier alpha value is -2.40. The molecule has 2 aromatic rings. The maximum Gasteiger partial charge on any atom is 0.166 e. The van der Waals surface area contributed by atoms with Gasteiger partial charge in [0, 0.05) is 16.7 Å². The van der Waals surface area contributed by atoms with E-state index in [0.717, 1.165) is 17.6 Å². The van der Waals surface area contributed by atoms with Crippen LogP contribution < -0.4 is 0 Å². The third kappa shape index (κ3) is 3.02. The van der Waals surface area contributed by atoms with Crippen molar-refractivity contribution in [3.05, 3.63) is 81.9 Å². The van der Waals surface area contributed by atoms with Crippen molar-refractivity contribution in [2.45, 2.75) is 38.7 Å². The SMILES string of the molecule is CCCc1ccc(C2=CCC3C(c4ccc(C5CO5)c(F)c4F)=CCC23)c(F)c1F. The van der Waals surface area contributed by atoms with Crippen molar-refractivity contribution < 1.29 is 22.3 Å². The predicted octanol–water partition coefficient (Wildman–Crippen LogP) is 6.77. The molecule has 1 heterocycles. The van der Waals surface area contributed by atoms with Gasteiger partial charge in [-0.3, -0.25) is 0 Å². The Kier molecular flexibility index (Phi) is 4.81. The summed E-state index contributed by atoms with van der Waals surface area (Å²) in [6, 6.07) is 6.51. The molecular formula is C25H22F4O. The number of aryl methyl sites for hydroxylation is 1. The Morgan fingerprint density at radius 1 is 0.800 bits per heavy atom. The summed E-state index contributed by atoms with van der Waals surface area (Å²) in [6.45, 7) is 2.34. The molecular weight excluding hydrogens is 392 g/mol. The van der Waals surface area contributed by atoms with E-state index >= 15 is 0 Å². The molecule has 0 saturated carbocycles. The van der Waals surface area contributed by atoms with Crippen LogP contribution in [0.25, 0.3) is 11.1 Å². The van der Waals surface area contributed by atoms with Crippen molar-refractivity contribution in [2.75, 3.05) is 6.61 Å². The number of hydrogen-bond donors (Lipinski definition) is 0. The first-order chi connectivity index (χ1) is 14.5. The molecule has 2 aliphatic carbocycles. The Balaban J connectivity index is 1.43. The fraction of sp³-hybridized carbons (Fsp3) is 0.360. The molecule has 3 atom stereocenters. The normalized spacial score (nSPS) is 24.6. The number of benzene rings is 2. The highest BCUT2D eigenvalue weighted by molar-refractivity contribution is 5.80. The zero-order valence-electron chi connectivity index (χ0n) is 16.7. The maximum atomic E-state index is 14.8. The molecule has 30 heavy (non-hydrogen) atoms. The predicted molar refractivity (Wildman–Crippen MR) is 108 cm³/mol. The van der Waals surface area contributed by atoms with Gasteiger partial charge in [-0.1, -0.05) is 49.8 Å². The Morgan fingerprint density at radius 3 is 1.93 bits per heavy atom. The van der Waals surface area contributed by atoms with Crippen LogP contribution in [-0.4, -0.2) is 6.61 Å². The minimum Gasteiger partial charge on any atom is -0.368 e. The second-order valence-corrected chi connectivity index (χ2v) is 8.31. The van der Waals surface area contributed by atoms with E-state index in [0.29, 0.717) is 31.4 Å². The molecule has 156 valence electrons. The number of fused-ring (bicyclic) bond motifs is 1. The minimum absolute atomic E-state index is 0.0557. The molecule has 2 aromatic carbocycles. The molecule has 0 aromatic heterocycles. The highest BCUT2D eigenvalue weighted by Gasteiger charge is 2.39. The molecule has 3 unspecified atom stereocenters. The van der Waals surface area contributed by atoms with Gasteiger partial charge in [0.25, 0.3) is 0 Å². The van der Waals surface area contributed by atoms with E-state index in [1.165, 1.54) is 0 Å². The Morgan fingerprint density at radius 2 is 1.37 bits per heavy atom. The zero-order valence-corrected chi connectivity index (χ0v) is 16.7. The Labute approximate surface area is 173 Å². The van der Waals surface area contributed by atoms with Gasteiger partial charge in [-0.05, 0) is 47.8 Å². The van der Waals surface area contributed by atoms with Crippen LogP contribution in [0.3, 0.4) is 0 Å². The number of epoxide rings is 1. The first kappa shape index (κ1) is 19.6. The summed E-state index contributed by atoms with van der Waals surface area (Å²) in [5.41, 5.74) is 2.67. The number of allylic oxidation sites excluding steroid dienone is 4. The van der Waals surface area contributed by atoms with Gasteiger partial charge >= 0.3 is 0 Å². The summed E-state index contributed by atoms with van der Waals surface area (Å²) in [7, 11) is 0. The van der Waals surface area contributed by atoms with E-state index in [2.05, 4.69) is 0 Å². The van der Waals surface area contributed by atoms with Crippen molar-refractivity contribution >= 4 is 11.1 Å². The van der Waals surface area contributed by atoms with Crippen LogP contribution in [0.15, 0.2) is 36.4 Å². The lowest BCUT2D eigenvalue weighted by atomic mass is 9.84. The van der Waals surface area contributed by atoms with Crippen LogP contribution in [-0.2, 0) is 11.2 Å². The quantitative estimate of drug-likeness (QED) is 0.388. The first-order valence-corrected chi connectivity index (χ1v) is 10.5. The number of rotatable bonds is 5. The molecule has 5 heteroatoms. The maximum absolute atomic E-state index is 14.8. The molecule has 1 aliphatic heterocycles. The van der Waals surface area contributed by atoms with Crippen molar-refractivity contribution in [2.24, 2.45) is 11.8 Å². The molecule has 3 aliphatic rings. The summed E-state index contributed by atoms with van der Waals surface area (Å²) >= 11 is 0. The second kappa shape index (κ2) is 7.38. The van der Waals surface area contributed by atoms with Gasteiger partial charge in [0.2, 0.25) is 0 Å². The second-order valence-electron chi connectivity index (χ2n) is 8.31. The van der Waals surface area contributed by atoms with E-state index < -0.39 is 23.3 Å². The third-order valence-corrected chi connectivity index (χ3v) is 6.56. The minimum atomic E-state index is -0.857. The molecule has 0 N–H and O–H groups in total. The lowest BCUT2D eigenvalue weighted by molar-refractivity contribution is 0.401. The van der Waals surface area contributed by atoms with Crippen LogP contribution in [0.4, 0.5) is 17.6 Å². The van der Waals surface area contributed by atoms with Crippen molar-refractivity contribution in [1.82, 2.24) is 0 Å². The molecule has 0 spiro atoms. The van der Waals surface area contributed by atoms with Crippen LogP contribution in [0.2, 0.25) is 0 Å². The van der Waals surface area contributed by atoms with Crippen LogP contribution in [0, 0.1) is 35.1 Å². The van der Waals surface area contributed by atoms with Crippen LogP contribution >= 0.6 is 0 Å². The van der Waals surface area contributed by atoms with Crippen molar-refractivity contribution in [1.29, 1.82) is 0 Å². The largest absolute Gasteiger partial charge is 0.368 e. The summed E-state index contributed by atoms with van der Waals surface area (Å²) in [5.74, 6) is -3.42. The lowest BCUT2D eigenvalue weighted by Gasteiger charge is -2.20. The molecule has 0 amide bonds. The van der Waals surface area contributed by atoms with Crippen molar-refractivity contribution in [3.8, 4) is 0 Å². The molecule has 1 nitrogen and oxygen atoms in total. The van der Waals surface area contributed by atoms with Gasteiger partial charge in [0.1, 0.15) is 6.10 Å². The topological polar surface area (TPSA) is 12.5 Å². The monoisotopic (exact) mass is 414 g/mol. The summed E-state index contributed by atoms with van der Waals surface area (Å²) in [5, 5.41) is 0. The molecule has 0 radical (unpaired) electrons. The average molecular weight is 414 g/mol. The van der Waals surface area contributed by atoms with E-state index in [9.17, 15) is 17.6 Å². The first-order valence-electron chi connectivity index (χ1n) is 10.5. The van der Waals surface area contributed by atoms with Gasteiger partial charge in [0.15, 0.2) is 23.3 Å². The number of ether oxygens (including phenoxy) is 1. The highest BCUT2D eigenvalue weighted by atomic mass is 19.2. The lowest BCUT2D eigenvalue weighted by Crippen LogP contribution is -2.10. The summed E-state index contributed by atoms with van der Waals surface area (Å²) in [6.07, 6.45) is 5.90. The molecule has 1 fully saturated rings. The van der Waals surface area contributed by atoms with E-state index in [1.54, 1.807) is 24.3 Å². The van der Waals surface area contributed by atoms with E-state index in [4.69, 9.17) is 4.74 Å². The van der Waals surface area contributed by atoms with Gasteiger partial charge < -0.3 is 4.74 Å². The van der Waals surface area contributed by atoms with Gasteiger partial charge in [-0.15, -0.1) is 0 Å². The standard InChI is InChI=1S/C25H22F4O/c1-2-3-13-4-5-18(23(27)22(13)26)16-8-6-15-14(16)7-9-17(15)19-10-11-20(21-12-30-21)25(29)24(19)28/h4-5,8-11,14-15,21H,2-3,6-7,12H2,1H3. The fourth-order valence-electron chi connectivity index (χ4n) is 4.98. The average Bonchev–Trinajstić information content (AvgIpc) is 3.36. The van der Waals surface area contributed by atoms with Crippen LogP contribution in [0.1, 0.15) is 54.5 Å². The van der Waals surface area contributed by atoms with E-state index in [1.807, 2.05) is 19.1 Å². The van der Waals surface area contributed by atoms with Crippen LogP contribution in [0.5, 0.6) is 0 Å². The molecule has 0 bridgehead atoms. The number of hydrogen-bond acceptors (Lipinski definition) is 1.